The number of allylic oxidation sites excluding steroid dienone is 1. The number of nitrogens with one attached hydrogen (secondary N) is 1. The highest BCUT2D eigenvalue weighted by molar-refractivity contribution is 5.78. The highest BCUT2D eigenvalue weighted by atomic mass is 16.5. The van der Waals surface area contributed by atoms with Gasteiger partial charge in [-0.2, -0.15) is 0 Å². The van der Waals surface area contributed by atoms with Crippen molar-refractivity contribution in [3.8, 4) is 17.2 Å². The van der Waals surface area contributed by atoms with Gasteiger partial charge < -0.3 is 24.1 Å². The van der Waals surface area contributed by atoms with Crippen molar-refractivity contribution in [2.45, 2.75) is 32.2 Å². The SMILES string of the molecule is C=CCc1ccc(OCCCn2c(CCNC(=O)Cc3ccc(OC)cc3)nc3ccccc32)c(OC)c1. The van der Waals surface area contributed by atoms with E-state index in [2.05, 4.69) is 22.5 Å². The van der Waals surface area contributed by atoms with Crippen LogP contribution in [0, 0.1) is 0 Å². The monoisotopic (exact) mass is 513 g/mol. The first-order valence-electron chi connectivity index (χ1n) is 12.9. The number of rotatable bonds is 14. The third-order valence-electron chi connectivity index (χ3n) is 6.32. The molecule has 0 fully saturated rings. The van der Waals surface area contributed by atoms with E-state index in [0.717, 1.165) is 64.6 Å². The highest BCUT2D eigenvalue weighted by Crippen LogP contribution is 2.28. The maximum atomic E-state index is 12.5. The van der Waals surface area contributed by atoms with Crippen LogP contribution in [0.4, 0.5) is 0 Å². The van der Waals surface area contributed by atoms with Crippen LogP contribution in [0.5, 0.6) is 17.2 Å². The van der Waals surface area contributed by atoms with Crippen molar-refractivity contribution < 1.29 is 19.0 Å². The molecule has 4 rings (SSSR count). The number of carbonyl (C=O) groups is 1. The standard InChI is InChI=1S/C31H35N3O4/c1-4-8-23-13-16-28(29(21-23)37-3)38-20-7-19-34-27-10-6-5-9-26(27)33-30(34)17-18-32-31(35)22-24-11-14-25(36-2)15-12-24/h4-6,9-16,21H,1,7-8,17-20,22H2,2-3H3,(H,32,35). The fourth-order valence-corrected chi connectivity index (χ4v) is 4.40. The number of amides is 1. The number of fused-ring (bicyclic) bond motifs is 1. The largest absolute Gasteiger partial charge is 0.497 e. The van der Waals surface area contributed by atoms with Gasteiger partial charge >= 0.3 is 0 Å². The minimum atomic E-state index is -0.0146. The van der Waals surface area contributed by atoms with Gasteiger partial charge in [-0.15, -0.1) is 6.58 Å². The summed E-state index contributed by atoms with van der Waals surface area (Å²) in [5.74, 6) is 3.17. The molecule has 0 aliphatic rings. The van der Waals surface area contributed by atoms with E-state index in [1.165, 1.54) is 0 Å². The second kappa shape index (κ2) is 13.3. The van der Waals surface area contributed by atoms with Crippen LogP contribution >= 0.6 is 0 Å². The summed E-state index contributed by atoms with van der Waals surface area (Å²) in [5, 5.41) is 3.03. The fourth-order valence-electron chi connectivity index (χ4n) is 4.40. The van der Waals surface area contributed by atoms with Gasteiger partial charge in [0.15, 0.2) is 11.5 Å². The van der Waals surface area contributed by atoms with Crippen LogP contribution in [0.15, 0.2) is 79.4 Å². The fraction of sp³-hybridized carbons (Fsp3) is 0.290. The number of ether oxygens (including phenoxy) is 3. The van der Waals surface area contributed by atoms with Crippen LogP contribution in [-0.2, 0) is 30.6 Å². The van der Waals surface area contributed by atoms with Crippen molar-refractivity contribution in [2.75, 3.05) is 27.4 Å². The van der Waals surface area contributed by atoms with Crippen LogP contribution < -0.4 is 19.5 Å². The number of benzene rings is 3. The summed E-state index contributed by atoms with van der Waals surface area (Å²) in [6.07, 6.45) is 4.43. The number of hydrogen-bond donors (Lipinski definition) is 1. The lowest BCUT2D eigenvalue weighted by atomic mass is 10.1. The summed E-state index contributed by atoms with van der Waals surface area (Å²) in [4.78, 5) is 17.3. The Balaban J connectivity index is 1.33. The zero-order valence-corrected chi connectivity index (χ0v) is 22.1. The molecule has 0 aliphatic heterocycles. The number of para-hydroxylation sites is 2. The molecule has 1 amide bonds. The first kappa shape index (κ1) is 26.8. The molecule has 0 saturated heterocycles. The summed E-state index contributed by atoms with van der Waals surface area (Å²) in [6.45, 7) is 5.61. The molecular weight excluding hydrogens is 478 g/mol. The van der Waals surface area contributed by atoms with Gasteiger partial charge in [-0.3, -0.25) is 4.79 Å². The molecular formula is C31H35N3O4. The number of hydrogen-bond acceptors (Lipinski definition) is 5. The predicted octanol–water partition coefficient (Wildman–Crippen LogP) is 5.15. The van der Waals surface area contributed by atoms with Gasteiger partial charge in [0, 0.05) is 19.5 Å². The summed E-state index contributed by atoms with van der Waals surface area (Å²) < 4.78 is 19.0. The molecule has 1 N–H and O–H groups in total. The Hall–Kier alpha value is -4.26. The smallest absolute Gasteiger partial charge is 0.224 e. The molecule has 7 heteroatoms. The van der Waals surface area contributed by atoms with Gasteiger partial charge in [-0.05, 0) is 60.4 Å². The molecule has 0 saturated carbocycles. The van der Waals surface area contributed by atoms with Gasteiger partial charge in [-0.1, -0.05) is 36.4 Å². The van der Waals surface area contributed by atoms with Crippen LogP contribution in [-0.4, -0.2) is 42.8 Å². The molecule has 0 aliphatic carbocycles. The Morgan fingerprint density at radius 1 is 1.00 bits per heavy atom. The van der Waals surface area contributed by atoms with Crippen molar-refractivity contribution in [2.24, 2.45) is 0 Å². The Bertz CT molecular complexity index is 1360. The van der Waals surface area contributed by atoms with Crippen molar-refractivity contribution in [3.63, 3.8) is 0 Å². The minimum absolute atomic E-state index is 0.0146. The molecule has 7 nitrogen and oxygen atoms in total. The first-order valence-corrected chi connectivity index (χ1v) is 12.9. The van der Waals surface area contributed by atoms with Crippen molar-refractivity contribution in [1.29, 1.82) is 0 Å². The average Bonchev–Trinajstić information content (AvgIpc) is 3.29. The topological polar surface area (TPSA) is 74.6 Å². The molecule has 1 heterocycles. The summed E-state index contributed by atoms with van der Waals surface area (Å²) in [6, 6.07) is 21.6. The van der Waals surface area contributed by atoms with E-state index in [9.17, 15) is 4.79 Å². The lowest BCUT2D eigenvalue weighted by Crippen LogP contribution is -2.28. The average molecular weight is 514 g/mol. The lowest BCUT2D eigenvalue weighted by Gasteiger charge is -2.13. The maximum absolute atomic E-state index is 12.5. The third kappa shape index (κ3) is 6.94. The van der Waals surface area contributed by atoms with Gasteiger partial charge in [-0.25, -0.2) is 4.98 Å². The predicted molar refractivity (Wildman–Crippen MR) is 150 cm³/mol. The first-order chi connectivity index (χ1) is 18.6. The molecule has 0 bridgehead atoms. The number of imidazole rings is 1. The molecule has 0 radical (unpaired) electrons. The molecule has 3 aromatic carbocycles. The number of methoxy groups -OCH3 is 2. The second-order valence-electron chi connectivity index (χ2n) is 8.97. The third-order valence-corrected chi connectivity index (χ3v) is 6.32. The van der Waals surface area contributed by atoms with E-state index in [1.807, 2.05) is 66.7 Å². The van der Waals surface area contributed by atoms with E-state index in [1.54, 1.807) is 14.2 Å². The zero-order chi connectivity index (χ0) is 26.7. The van der Waals surface area contributed by atoms with E-state index in [-0.39, 0.29) is 5.91 Å². The van der Waals surface area contributed by atoms with Gasteiger partial charge in [0.2, 0.25) is 5.91 Å². The molecule has 4 aromatic rings. The quantitative estimate of drug-likeness (QED) is 0.186. The Morgan fingerprint density at radius 3 is 2.55 bits per heavy atom. The Kier molecular flexibility index (Phi) is 9.40. The summed E-state index contributed by atoms with van der Waals surface area (Å²) >= 11 is 0. The molecule has 1 aromatic heterocycles. The lowest BCUT2D eigenvalue weighted by molar-refractivity contribution is -0.120. The van der Waals surface area contributed by atoms with E-state index >= 15 is 0 Å². The van der Waals surface area contributed by atoms with E-state index in [0.29, 0.717) is 26.0 Å². The summed E-state index contributed by atoms with van der Waals surface area (Å²) in [5.41, 5.74) is 4.11. The number of aryl methyl sites for hydroxylation is 1. The maximum Gasteiger partial charge on any atom is 0.224 e. The highest BCUT2D eigenvalue weighted by Gasteiger charge is 2.12. The van der Waals surface area contributed by atoms with Crippen LogP contribution in [0.1, 0.15) is 23.4 Å². The Morgan fingerprint density at radius 2 is 1.79 bits per heavy atom. The van der Waals surface area contributed by atoms with Crippen LogP contribution in [0.2, 0.25) is 0 Å². The molecule has 38 heavy (non-hydrogen) atoms. The van der Waals surface area contributed by atoms with Crippen molar-refractivity contribution in [1.82, 2.24) is 14.9 Å². The van der Waals surface area contributed by atoms with Crippen LogP contribution in [0.25, 0.3) is 11.0 Å². The van der Waals surface area contributed by atoms with E-state index in [4.69, 9.17) is 19.2 Å². The van der Waals surface area contributed by atoms with Gasteiger partial charge in [0.25, 0.3) is 0 Å². The van der Waals surface area contributed by atoms with E-state index < -0.39 is 0 Å². The Labute approximate surface area is 224 Å². The molecule has 198 valence electrons. The number of nitrogens with zero attached hydrogens (tertiary/aromatic N) is 2. The second-order valence-corrected chi connectivity index (χ2v) is 8.97. The minimum Gasteiger partial charge on any atom is -0.497 e. The number of carbonyl (C=O) groups excluding carboxylic acids is 1. The molecule has 0 atom stereocenters. The van der Waals surface area contributed by atoms with Gasteiger partial charge in [0.05, 0.1) is 38.3 Å². The molecule has 0 unspecified atom stereocenters. The number of aromatic nitrogens is 2. The summed E-state index contributed by atoms with van der Waals surface area (Å²) in [7, 11) is 3.28. The van der Waals surface area contributed by atoms with Crippen molar-refractivity contribution in [3.05, 3.63) is 96.3 Å². The van der Waals surface area contributed by atoms with Gasteiger partial charge in [0.1, 0.15) is 11.6 Å². The van der Waals surface area contributed by atoms with Crippen molar-refractivity contribution >= 4 is 16.9 Å². The van der Waals surface area contributed by atoms with Crippen LogP contribution in [0.3, 0.4) is 0 Å². The normalized spacial score (nSPS) is 10.8. The zero-order valence-electron chi connectivity index (χ0n) is 22.1. The molecule has 0 spiro atoms.